The first-order chi connectivity index (χ1) is 14.1. The van der Waals surface area contributed by atoms with Crippen LogP contribution in [0.1, 0.15) is 15.9 Å². The number of anilines is 1. The molecule has 0 saturated heterocycles. The van der Waals surface area contributed by atoms with E-state index in [2.05, 4.69) is 25.8 Å². The SMILES string of the molecule is O=C1NCCn2c(NCc3cn[nH]c3-c3ccc(F)cc3)nc3cc(F)cc1c32. The van der Waals surface area contributed by atoms with Gasteiger partial charge in [-0.1, -0.05) is 0 Å². The maximum absolute atomic E-state index is 13.9. The molecule has 7 nitrogen and oxygen atoms in total. The minimum absolute atomic E-state index is 0.272. The van der Waals surface area contributed by atoms with Crippen LogP contribution in [-0.4, -0.2) is 32.2 Å². The van der Waals surface area contributed by atoms with Gasteiger partial charge in [0.15, 0.2) is 0 Å². The molecule has 2 aromatic carbocycles. The highest BCUT2D eigenvalue weighted by atomic mass is 19.1. The Kier molecular flexibility index (Phi) is 4.01. The second kappa shape index (κ2) is 6.69. The summed E-state index contributed by atoms with van der Waals surface area (Å²) in [7, 11) is 0. The van der Waals surface area contributed by atoms with E-state index in [0.29, 0.717) is 36.6 Å². The lowest BCUT2D eigenvalue weighted by atomic mass is 10.1. The van der Waals surface area contributed by atoms with Crippen molar-refractivity contribution < 1.29 is 13.6 Å². The van der Waals surface area contributed by atoms with E-state index in [1.807, 2.05) is 4.57 Å². The van der Waals surface area contributed by atoms with Gasteiger partial charge in [0.05, 0.1) is 28.5 Å². The third kappa shape index (κ3) is 3.00. The van der Waals surface area contributed by atoms with E-state index in [0.717, 1.165) is 16.8 Å². The number of amides is 1. The highest BCUT2D eigenvalue weighted by molar-refractivity contribution is 6.06. The van der Waals surface area contributed by atoms with E-state index >= 15 is 0 Å². The number of halogens is 2. The second-order valence-corrected chi connectivity index (χ2v) is 6.79. The minimum atomic E-state index is -0.505. The summed E-state index contributed by atoms with van der Waals surface area (Å²) in [5.74, 6) is -0.588. The number of aromatic amines is 1. The molecule has 0 saturated carbocycles. The Labute approximate surface area is 163 Å². The smallest absolute Gasteiger partial charge is 0.253 e. The summed E-state index contributed by atoms with van der Waals surface area (Å²) in [6, 6.07) is 8.69. The van der Waals surface area contributed by atoms with Crippen molar-refractivity contribution in [3.05, 3.63) is 65.4 Å². The van der Waals surface area contributed by atoms with Gasteiger partial charge in [-0.25, -0.2) is 13.8 Å². The van der Waals surface area contributed by atoms with Crippen molar-refractivity contribution in [2.75, 3.05) is 11.9 Å². The molecular formula is C20H16F2N6O. The molecule has 0 unspecified atom stereocenters. The van der Waals surface area contributed by atoms with Crippen molar-refractivity contribution >= 4 is 22.9 Å². The first kappa shape index (κ1) is 17.4. The Morgan fingerprint density at radius 2 is 1.97 bits per heavy atom. The zero-order chi connectivity index (χ0) is 20.0. The second-order valence-electron chi connectivity index (χ2n) is 6.79. The number of hydrogen-bond acceptors (Lipinski definition) is 4. The van der Waals surface area contributed by atoms with Crippen LogP contribution in [0.3, 0.4) is 0 Å². The van der Waals surface area contributed by atoms with Gasteiger partial charge in [-0.05, 0) is 30.3 Å². The highest BCUT2D eigenvalue weighted by Crippen LogP contribution is 2.27. The summed E-state index contributed by atoms with van der Waals surface area (Å²) in [6.07, 6.45) is 1.69. The number of nitrogens with zero attached hydrogens (tertiary/aromatic N) is 3. The van der Waals surface area contributed by atoms with Crippen LogP contribution in [-0.2, 0) is 13.1 Å². The lowest BCUT2D eigenvalue weighted by Gasteiger charge is -2.10. The molecular weight excluding hydrogens is 378 g/mol. The first-order valence-corrected chi connectivity index (χ1v) is 9.10. The molecule has 146 valence electrons. The predicted molar refractivity (Wildman–Crippen MR) is 103 cm³/mol. The van der Waals surface area contributed by atoms with E-state index in [4.69, 9.17) is 0 Å². The summed E-state index contributed by atoms with van der Waals surface area (Å²) in [5, 5.41) is 13.0. The van der Waals surface area contributed by atoms with Gasteiger partial charge in [-0.3, -0.25) is 9.89 Å². The number of rotatable bonds is 4. The molecule has 0 bridgehead atoms. The minimum Gasteiger partial charge on any atom is -0.351 e. The molecule has 5 rings (SSSR count). The van der Waals surface area contributed by atoms with Gasteiger partial charge in [0.1, 0.15) is 11.6 Å². The molecule has 3 heterocycles. The van der Waals surface area contributed by atoms with Crippen LogP contribution in [0.4, 0.5) is 14.7 Å². The third-order valence-electron chi connectivity index (χ3n) is 4.96. The molecule has 0 fully saturated rings. The normalized spacial score (nSPS) is 13.4. The van der Waals surface area contributed by atoms with Gasteiger partial charge in [-0.2, -0.15) is 5.10 Å². The summed E-state index contributed by atoms with van der Waals surface area (Å²) in [5.41, 5.74) is 3.75. The highest BCUT2D eigenvalue weighted by Gasteiger charge is 2.22. The number of benzene rings is 2. The molecule has 0 radical (unpaired) electrons. The number of imidazole rings is 1. The largest absolute Gasteiger partial charge is 0.351 e. The Morgan fingerprint density at radius 1 is 1.14 bits per heavy atom. The summed E-state index contributed by atoms with van der Waals surface area (Å²) >= 11 is 0. The zero-order valence-corrected chi connectivity index (χ0v) is 15.2. The maximum atomic E-state index is 13.9. The summed E-state index contributed by atoms with van der Waals surface area (Å²) in [6.45, 7) is 1.33. The fourth-order valence-corrected chi connectivity index (χ4v) is 3.62. The van der Waals surface area contributed by atoms with Gasteiger partial charge in [0.2, 0.25) is 5.95 Å². The molecule has 1 aliphatic heterocycles. The van der Waals surface area contributed by atoms with Crippen LogP contribution in [0.15, 0.2) is 42.6 Å². The molecule has 0 atom stereocenters. The van der Waals surface area contributed by atoms with E-state index in [-0.39, 0.29) is 17.3 Å². The van der Waals surface area contributed by atoms with Gasteiger partial charge < -0.3 is 15.2 Å². The maximum Gasteiger partial charge on any atom is 0.253 e. The van der Waals surface area contributed by atoms with Crippen molar-refractivity contribution in [1.82, 2.24) is 25.1 Å². The topological polar surface area (TPSA) is 87.6 Å². The third-order valence-corrected chi connectivity index (χ3v) is 4.96. The van der Waals surface area contributed by atoms with Crippen molar-refractivity contribution in [3.63, 3.8) is 0 Å². The number of carbonyl (C=O) groups excluding carboxylic acids is 1. The van der Waals surface area contributed by atoms with Gasteiger partial charge >= 0.3 is 0 Å². The average Bonchev–Trinajstić information content (AvgIpc) is 3.26. The monoisotopic (exact) mass is 394 g/mol. The van der Waals surface area contributed by atoms with E-state index in [1.165, 1.54) is 24.3 Å². The van der Waals surface area contributed by atoms with Crippen molar-refractivity contribution in [2.45, 2.75) is 13.1 Å². The molecule has 1 amide bonds. The number of H-pyrrole nitrogens is 1. The van der Waals surface area contributed by atoms with Crippen LogP contribution in [0.5, 0.6) is 0 Å². The zero-order valence-electron chi connectivity index (χ0n) is 15.2. The number of carbonyl (C=O) groups is 1. The average molecular weight is 394 g/mol. The number of nitrogens with one attached hydrogen (secondary N) is 3. The molecule has 1 aliphatic rings. The van der Waals surface area contributed by atoms with E-state index in [1.54, 1.807) is 18.3 Å². The van der Waals surface area contributed by atoms with Crippen LogP contribution in [0.2, 0.25) is 0 Å². The summed E-state index contributed by atoms with van der Waals surface area (Å²) < 4.78 is 29.0. The number of aromatic nitrogens is 4. The van der Waals surface area contributed by atoms with Crippen molar-refractivity contribution in [2.24, 2.45) is 0 Å². The Morgan fingerprint density at radius 3 is 2.79 bits per heavy atom. The standard InChI is InChI=1S/C20H16F2N6O/c21-13-3-1-11(2-4-13)17-12(10-25-27-17)9-24-20-26-16-8-14(22)7-15-18(16)28(20)6-5-23-19(15)29/h1-4,7-8,10H,5-6,9H2,(H,23,29)(H,24,26)(H,25,27). The summed E-state index contributed by atoms with van der Waals surface area (Å²) in [4.78, 5) is 16.7. The van der Waals surface area contributed by atoms with Crippen molar-refractivity contribution in [1.29, 1.82) is 0 Å². The van der Waals surface area contributed by atoms with Gasteiger partial charge in [0.25, 0.3) is 5.91 Å². The van der Waals surface area contributed by atoms with Crippen LogP contribution in [0, 0.1) is 11.6 Å². The lowest BCUT2D eigenvalue weighted by molar-refractivity contribution is 0.0956. The van der Waals surface area contributed by atoms with E-state index in [9.17, 15) is 13.6 Å². The molecule has 4 aromatic rings. The first-order valence-electron chi connectivity index (χ1n) is 9.10. The van der Waals surface area contributed by atoms with Crippen LogP contribution >= 0.6 is 0 Å². The van der Waals surface area contributed by atoms with E-state index < -0.39 is 5.82 Å². The Balaban J connectivity index is 1.49. The lowest BCUT2D eigenvalue weighted by Crippen LogP contribution is -2.24. The van der Waals surface area contributed by atoms with Crippen LogP contribution in [0.25, 0.3) is 22.3 Å². The quantitative estimate of drug-likeness (QED) is 0.497. The van der Waals surface area contributed by atoms with Gasteiger partial charge in [0, 0.05) is 36.8 Å². The molecule has 9 heteroatoms. The molecule has 2 aromatic heterocycles. The van der Waals surface area contributed by atoms with Crippen LogP contribution < -0.4 is 10.6 Å². The fraction of sp³-hybridized carbons (Fsp3) is 0.150. The Bertz CT molecular complexity index is 1230. The fourth-order valence-electron chi connectivity index (χ4n) is 3.62. The van der Waals surface area contributed by atoms with Gasteiger partial charge in [-0.15, -0.1) is 0 Å². The van der Waals surface area contributed by atoms with Crippen molar-refractivity contribution in [3.8, 4) is 11.3 Å². The Hall–Kier alpha value is -3.75. The molecule has 0 aliphatic carbocycles. The molecule has 29 heavy (non-hydrogen) atoms. The molecule has 3 N–H and O–H groups in total. The number of hydrogen-bond donors (Lipinski definition) is 3. The molecule has 0 spiro atoms. The predicted octanol–water partition coefficient (Wildman–Crippen LogP) is 3.06.